The van der Waals surface area contributed by atoms with Gasteiger partial charge in [0.1, 0.15) is 5.69 Å². The predicted octanol–water partition coefficient (Wildman–Crippen LogP) is 0.843. The number of rotatable bonds is 7. The molecule has 0 aromatic heterocycles. The number of nitrogens with one attached hydrogen (secondary N) is 1. The Morgan fingerprint density at radius 1 is 1.35 bits per heavy atom. The molecule has 3 rings (SSSR count). The van der Waals surface area contributed by atoms with Crippen LogP contribution in [0.25, 0.3) is 0 Å². The lowest BCUT2D eigenvalue weighted by Gasteiger charge is -2.37. The van der Waals surface area contributed by atoms with Gasteiger partial charge in [-0.2, -0.15) is 0 Å². The predicted molar refractivity (Wildman–Crippen MR) is 95.2 cm³/mol. The van der Waals surface area contributed by atoms with Crippen LogP contribution in [0.2, 0.25) is 0 Å². The lowest BCUT2D eigenvalue weighted by Crippen LogP contribution is -2.50. The molecule has 0 aliphatic carbocycles. The van der Waals surface area contributed by atoms with Crippen LogP contribution in [0, 0.1) is 16.0 Å². The minimum atomic E-state index is -0.686. The first kappa shape index (κ1) is 18.6. The fourth-order valence-electron chi connectivity index (χ4n) is 3.56. The number of carbonyl (C=O) groups excluding carboxylic acids is 1. The molecule has 2 aliphatic heterocycles. The maximum Gasteiger partial charge on any atom is 0.293 e. The van der Waals surface area contributed by atoms with Crippen LogP contribution in [0.15, 0.2) is 18.2 Å². The summed E-state index contributed by atoms with van der Waals surface area (Å²) in [6.45, 7) is 5.07. The summed E-state index contributed by atoms with van der Waals surface area (Å²) in [7, 11) is 0. The first-order chi connectivity index (χ1) is 12.6. The van der Waals surface area contributed by atoms with Crippen molar-refractivity contribution in [2.24, 2.45) is 11.7 Å². The SMILES string of the molecule is NC(=O)c1ccc(NC[C@@H]([C@H]2CCOC2)N2CCOCC2)c([N+](=O)[O-])c1. The van der Waals surface area contributed by atoms with Gasteiger partial charge in [-0.25, -0.2) is 0 Å². The molecule has 3 N–H and O–H groups in total. The minimum absolute atomic E-state index is 0.121. The number of carbonyl (C=O) groups is 1. The van der Waals surface area contributed by atoms with E-state index in [1.807, 2.05) is 0 Å². The number of anilines is 1. The zero-order valence-corrected chi connectivity index (χ0v) is 14.6. The van der Waals surface area contributed by atoms with Crippen molar-refractivity contribution in [1.29, 1.82) is 0 Å². The first-order valence-corrected chi connectivity index (χ1v) is 8.78. The van der Waals surface area contributed by atoms with Gasteiger partial charge in [0.2, 0.25) is 5.91 Å². The van der Waals surface area contributed by atoms with Crippen molar-refractivity contribution in [3.8, 4) is 0 Å². The van der Waals surface area contributed by atoms with Gasteiger partial charge in [-0.05, 0) is 18.6 Å². The van der Waals surface area contributed by atoms with E-state index in [1.54, 1.807) is 6.07 Å². The van der Waals surface area contributed by atoms with Gasteiger partial charge in [0.15, 0.2) is 0 Å². The van der Waals surface area contributed by atoms with E-state index in [0.29, 0.717) is 38.0 Å². The molecule has 0 bridgehead atoms. The number of nitrogens with two attached hydrogens (primary N) is 1. The zero-order chi connectivity index (χ0) is 18.5. The number of ether oxygens (including phenoxy) is 2. The van der Waals surface area contributed by atoms with Gasteiger partial charge in [-0.3, -0.25) is 19.8 Å². The van der Waals surface area contributed by atoms with Crippen molar-refractivity contribution in [3.63, 3.8) is 0 Å². The molecule has 2 atom stereocenters. The van der Waals surface area contributed by atoms with Gasteiger partial charge in [0.25, 0.3) is 5.69 Å². The Bertz CT molecular complexity index is 657. The average molecular weight is 364 g/mol. The van der Waals surface area contributed by atoms with E-state index in [0.717, 1.165) is 26.1 Å². The Morgan fingerprint density at radius 2 is 2.12 bits per heavy atom. The van der Waals surface area contributed by atoms with Gasteiger partial charge < -0.3 is 20.5 Å². The number of nitro groups is 1. The third kappa shape index (κ3) is 4.29. The summed E-state index contributed by atoms with van der Waals surface area (Å²) in [6.07, 6.45) is 0.979. The van der Waals surface area contributed by atoms with Crippen molar-refractivity contribution < 1.29 is 19.2 Å². The van der Waals surface area contributed by atoms with Gasteiger partial charge in [0, 0.05) is 49.8 Å². The highest BCUT2D eigenvalue weighted by molar-refractivity contribution is 5.94. The molecule has 2 fully saturated rings. The molecule has 9 heteroatoms. The molecular formula is C17H24N4O5. The number of benzene rings is 1. The highest BCUT2D eigenvalue weighted by Crippen LogP contribution is 2.27. The highest BCUT2D eigenvalue weighted by atomic mass is 16.6. The van der Waals surface area contributed by atoms with Crippen molar-refractivity contribution >= 4 is 17.3 Å². The summed E-state index contributed by atoms with van der Waals surface area (Å²) < 4.78 is 11.0. The second-order valence-electron chi connectivity index (χ2n) is 6.57. The smallest absolute Gasteiger partial charge is 0.293 e. The third-order valence-corrected chi connectivity index (χ3v) is 5.00. The van der Waals surface area contributed by atoms with Crippen LogP contribution >= 0.6 is 0 Å². The minimum Gasteiger partial charge on any atom is -0.381 e. The van der Waals surface area contributed by atoms with Gasteiger partial charge >= 0.3 is 0 Å². The van der Waals surface area contributed by atoms with E-state index in [9.17, 15) is 14.9 Å². The molecule has 2 aliphatic rings. The Labute approximate surface area is 151 Å². The van der Waals surface area contributed by atoms with Crippen LogP contribution < -0.4 is 11.1 Å². The van der Waals surface area contributed by atoms with Gasteiger partial charge in [-0.1, -0.05) is 0 Å². The summed E-state index contributed by atoms with van der Waals surface area (Å²) in [5, 5.41) is 14.6. The van der Waals surface area contributed by atoms with Crippen LogP contribution in [-0.4, -0.2) is 67.8 Å². The molecule has 2 heterocycles. The summed E-state index contributed by atoms with van der Waals surface area (Å²) in [4.78, 5) is 24.5. The Morgan fingerprint density at radius 3 is 2.73 bits per heavy atom. The summed E-state index contributed by atoms with van der Waals surface area (Å²) >= 11 is 0. The number of amides is 1. The van der Waals surface area contributed by atoms with Gasteiger partial charge in [0.05, 0.1) is 24.7 Å². The van der Waals surface area contributed by atoms with E-state index < -0.39 is 10.8 Å². The average Bonchev–Trinajstić information content (AvgIpc) is 3.17. The van der Waals surface area contributed by atoms with E-state index in [4.69, 9.17) is 15.2 Å². The monoisotopic (exact) mass is 364 g/mol. The number of morpholine rings is 1. The number of hydrogen-bond donors (Lipinski definition) is 2. The first-order valence-electron chi connectivity index (χ1n) is 8.78. The second-order valence-corrected chi connectivity index (χ2v) is 6.57. The number of hydrogen-bond acceptors (Lipinski definition) is 7. The van der Waals surface area contributed by atoms with Crippen LogP contribution in [0.5, 0.6) is 0 Å². The summed E-state index contributed by atoms with van der Waals surface area (Å²) in [5.74, 6) is -0.307. The number of primary amides is 1. The lowest BCUT2D eigenvalue weighted by molar-refractivity contribution is -0.384. The van der Waals surface area contributed by atoms with Crippen molar-refractivity contribution in [2.45, 2.75) is 12.5 Å². The third-order valence-electron chi connectivity index (χ3n) is 5.00. The van der Waals surface area contributed by atoms with E-state index in [2.05, 4.69) is 10.2 Å². The largest absolute Gasteiger partial charge is 0.381 e. The molecule has 1 amide bonds. The Hall–Kier alpha value is -2.23. The van der Waals surface area contributed by atoms with Crippen LogP contribution in [0.3, 0.4) is 0 Å². The van der Waals surface area contributed by atoms with Crippen LogP contribution in [0.4, 0.5) is 11.4 Å². The van der Waals surface area contributed by atoms with E-state index in [1.165, 1.54) is 12.1 Å². The fraction of sp³-hybridized carbons (Fsp3) is 0.588. The molecular weight excluding hydrogens is 340 g/mol. The molecule has 0 saturated carbocycles. The zero-order valence-electron chi connectivity index (χ0n) is 14.6. The molecule has 0 radical (unpaired) electrons. The van der Waals surface area contributed by atoms with Crippen LogP contribution in [-0.2, 0) is 9.47 Å². The van der Waals surface area contributed by atoms with Crippen LogP contribution in [0.1, 0.15) is 16.8 Å². The Kier molecular flexibility index (Phi) is 6.02. The van der Waals surface area contributed by atoms with Crippen molar-refractivity contribution in [1.82, 2.24) is 4.90 Å². The number of nitro benzene ring substituents is 1. The standard InChI is InChI=1S/C17H24N4O5/c18-17(22)12-1-2-14(15(9-12)21(23)24)19-10-16(13-3-6-26-11-13)20-4-7-25-8-5-20/h1-2,9,13,16,19H,3-8,10-11H2,(H2,18,22)/t13-,16-/m0/s1. The molecule has 142 valence electrons. The maximum atomic E-state index is 11.4. The highest BCUT2D eigenvalue weighted by Gasteiger charge is 2.32. The number of nitrogens with zero attached hydrogens (tertiary/aromatic N) is 2. The molecule has 9 nitrogen and oxygen atoms in total. The topological polar surface area (TPSA) is 120 Å². The summed E-state index contributed by atoms with van der Waals surface area (Å²) in [6, 6.07) is 4.46. The molecule has 26 heavy (non-hydrogen) atoms. The molecule has 1 aromatic carbocycles. The maximum absolute atomic E-state index is 11.4. The molecule has 0 unspecified atom stereocenters. The lowest BCUT2D eigenvalue weighted by atomic mass is 9.96. The van der Waals surface area contributed by atoms with E-state index in [-0.39, 0.29) is 17.3 Å². The fourth-order valence-corrected chi connectivity index (χ4v) is 3.56. The van der Waals surface area contributed by atoms with Crippen molar-refractivity contribution in [2.75, 3.05) is 51.4 Å². The van der Waals surface area contributed by atoms with Crippen molar-refractivity contribution in [3.05, 3.63) is 33.9 Å². The second kappa shape index (κ2) is 8.43. The normalized spacial score (nSPS) is 22.1. The molecule has 1 aromatic rings. The quantitative estimate of drug-likeness (QED) is 0.543. The Balaban J connectivity index is 1.75. The molecule has 0 spiro atoms. The summed E-state index contributed by atoms with van der Waals surface area (Å²) in [5.41, 5.74) is 5.58. The van der Waals surface area contributed by atoms with Gasteiger partial charge in [-0.15, -0.1) is 0 Å². The molecule has 2 saturated heterocycles. The van der Waals surface area contributed by atoms with E-state index >= 15 is 0 Å².